The fourth-order valence-corrected chi connectivity index (χ4v) is 4.36. The highest BCUT2D eigenvalue weighted by Crippen LogP contribution is 2.37. The summed E-state index contributed by atoms with van der Waals surface area (Å²) in [5.41, 5.74) is 5.04. The molecule has 0 fully saturated rings. The first-order valence-corrected chi connectivity index (χ1v) is 9.77. The molecule has 1 unspecified atom stereocenters. The SMILES string of the molecule is Cc1cc2c(s1)CCC2NCc1cn[nH]c1-c1ccccc1.O=C(O)C(F)(F)F. The van der Waals surface area contributed by atoms with E-state index >= 15 is 0 Å². The van der Waals surface area contributed by atoms with Gasteiger partial charge < -0.3 is 10.4 Å². The maximum atomic E-state index is 10.6. The van der Waals surface area contributed by atoms with Crippen LogP contribution < -0.4 is 5.32 Å². The number of H-pyrrole nitrogens is 1. The zero-order valence-corrected chi connectivity index (χ0v) is 16.4. The predicted molar refractivity (Wildman–Crippen MR) is 105 cm³/mol. The molecule has 9 heteroatoms. The van der Waals surface area contributed by atoms with Crippen molar-refractivity contribution in [1.82, 2.24) is 15.5 Å². The Labute approximate surface area is 169 Å². The van der Waals surface area contributed by atoms with Gasteiger partial charge in [-0.05, 0) is 37.0 Å². The fraction of sp³-hybridized carbons (Fsp3) is 0.300. The van der Waals surface area contributed by atoms with Gasteiger partial charge in [0.15, 0.2) is 0 Å². The molecule has 5 nitrogen and oxygen atoms in total. The number of thiophene rings is 1. The lowest BCUT2D eigenvalue weighted by Gasteiger charge is -2.13. The van der Waals surface area contributed by atoms with Crippen molar-refractivity contribution < 1.29 is 23.1 Å². The van der Waals surface area contributed by atoms with E-state index in [-0.39, 0.29) is 0 Å². The van der Waals surface area contributed by atoms with Crippen molar-refractivity contribution in [3.63, 3.8) is 0 Å². The third kappa shape index (κ3) is 5.24. The first-order valence-electron chi connectivity index (χ1n) is 8.96. The average molecular weight is 423 g/mol. The van der Waals surface area contributed by atoms with E-state index in [1.807, 2.05) is 23.6 Å². The minimum absolute atomic E-state index is 0.485. The first-order chi connectivity index (χ1) is 13.8. The van der Waals surface area contributed by atoms with Crippen molar-refractivity contribution in [1.29, 1.82) is 0 Å². The van der Waals surface area contributed by atoms with Gasteiger partial charge in [0.1, 0.15) is 0 Å². The molecule has 2 heterocycles. The van der Waals surface area contributed by atoms with E-state index < -0.39 is 12.1 Å². The number of alkyl halides is 3. The van der Waals surface area contributed by atoms with Crippen LogP contribution in [0.5, 0.6) is 0 Å². The smallest absolute Gasteiger partial charge is 0.475 e. The van der Waals surface area contributed by atoms with Gasteiger partial charge in [-0.15, -0.1) is 11.3 Å². The summed E-state index contributed by atoms with van der Waals surface area (Å²) in [4.78, 5) is 11.9. The maximum Gasteiger partial charge on any atom is 0.490 e. The molecule has 0 aliphatic heterocycles. The number of hydrogen-bond acceptors (Lipinski definition) is 4. The predicted octanol–water partition coefficient (Wildman–Crippen LogP) is 4.86. The topological polar surface area (TPSA) is 78.0 Å². The zero-order chi connectivity index (χ0) is 21.0. The standard InChI is InChI=1S/C18H19N3S.C2HF3O2/c1-12-9-15-16(7-8-17(15)22-12)19-10-14-11-20-21-18(14)13-5-3-2-4-6-13;3-2(4,5)1(6)7/h2-6,9,11,16,19H,7-8,10H2,1H3,(H,20,21);(H,6,7). The summed E-state index contributed by atoms with van der Waals surface area (Å²) in [6.07, 6.45) is -0.730. The van der Waals surface area contributed by atoms with Crippen LogP contribution in [0.2, 0.25) is 0 Å². The summed E-state index contributed by atoms with van der Waals surface area (Å²) < 4.78 is 31.7. The fourth-order valence-electron chi connectivity index (χ4n) is 3.25. The molecular formula is C20H20F3N3O2S. The molecule has 154 valence electrons. The van der Waals surface area contributed by atoms with Crippen LogP contribution in [-0.4, -0.2) is 27.4 Å². The number of hydrogen-bond donors (Lipinski definition) is 3. The Bertz CT molecular complexity index is 967. The zero-order valence-electron chi connectivity index (χ0n) is 15.6. The number of fused-ring (bicyclic) bond motifs is 1. The number of nitrogens with one attached hydrogen (secondary N) is 2. The lowest BCUT2D eigenvalue weighted by molar-refractivity contribution is -0.192. The summed E-state index contributed by atoms with van der Waals surface area (Å²) in [5.74, 6) is -2.76. The van der Waals surface area contributed by atoms with E-state index in [1.165, 1.54) is 34.4 Å². The van der Waals surface area contributed by atoms with Crippen molar-refractivity contribution >= 4 is 17.3 Å². The largest absolute Gasteiger partial charge is 0.490 e. The van der Waals surface area contributed by atoms with E-state index in [2.05, 4.69) is 52.8 Å². The number of rotatable bonds is 4. The van der Waals surface area contributed by atoms with Crippen LogP contribution in [0.3, 0.4) is 0 Å². The highest BCUT2D eigenvalue weighted by Gasteiger charge is 2.38. The molecule has 1 aliphatic rings. The molecule has 0 radical (unpaired) electrons. The molecule has 3 aromatic rings. The van der Waals surface area contributed by atoms with Crippen LogP contribution >= 0.6 is 11.3 Å². The molecule has 1 aromatic carbocycles. The highest BCUT2D eigenvalue weighted by atomic mass is 32.1. The van der Waals surface area contributed by atoms with Gasteiger partial charge in [-0.1, -0.05) is 30.3 Å². The maximum absolute atomic E-state index is 10.6. The molecule has 1 atom stereocenters. The Morgan fingerprint density at radius 1 is 1.34 bits per heavy atom. The first kappa shape index (κ1) is 21.1. The number of carboxylic acids is 1. The number of aryl methyl sites for hydroxylation is 2. The molecule has 0 saturated heterocycles. The van der Waals surface area contributed by atoms with Crippen molar-refractivity contribution in [2.45, 2.75) is 38.5 Å². The van der Waals surface area contributed by atoms with E-state index in [4.69, 9.17) is 9.90 Å². The molecule has 0 bridgehead atoms. The second-order valence-electron chi connectivity index (χ2n) is 6.65. The Balaban J connectivity index is 0.000000298. The number of aliphatic carboxylic acids is 1. The lowest BCUT2D eigenvalue weighted by Crippen LogP contribution is -2.21. The number of aromatic amines is 1. The van der Waals surface area contributed by atoms with E-state index in [0.717, 1.165) is 12.2 Å². The van der Waals surface area contributed by atoms with Crippen molar-refractivity contribution in [3.05, 3.63) is 63.5 Å². The molecule has 4 rings (SSSR count). The van der Waals surface area contributed by atoms with Crippen LogP contribution in [0.4, 0.5) is 13.2 Å². The van der Waals surface area contributed by atoms with Crippen molar-refractivity contribution in [2.24, 2.45) is 0 Å². The number of aromatic nitrogens is 2. The number of halogens is 3. The van der Waals surface area contributed by atoms with Crippen LogP contribution in [0, 0.1) is 6.92 Å². The van der Waals surface area contributed by atoms with Gasteiger partial charge in [0, 0.05) is 27.9 Å². The molecule has 2 aromatic heterocycles. The van der Waals surface area contributed by atoms with Gasteiger partial charge in [0.2, 0.25) is 0 Å². The van der Waals surface area contributed by atoms with E-state index in [0.29, 0.717) is 6.04 Å². The third-order valence-corrected chi connectivity index (χ3v) is 5.69. The molecule has 0 amide bonds. The number of carboxylic acid groups (broad SMARTS) is 1. The Morgan fingerprint density at radius 3 is 2.69 bits per heavy atom. The van der Waals surface area contributed by atoms with Crippen LogP contribution in [0.15, 0.2) is 42.6 Å². The van der Waals surface area contributed by atoms with Gasteiger partial charge in [-0.25, -0.2) is 4.79 Å². The monoisotopic (exact) mass is 423 g/mol. The van der Waals surface area contributed by atoms with Crippen molar-refractivity contribution in [2.75, 3.05) is 0 Å². The van der Waals surface area contributed by atoms with Gasteiger partial charge in [0.25, 0.3) is 0 Å². The van der Waals surface area contributed by atoms with E-state index in [1.54, 1.807) is 4.88 Å². The average Bonchev–Trinajstić information content (AvgIpc) is 3.36. The second kappa shape index (κ2) is 8.79. The lowest BCUT2D eigenvalue weighted by atomic mass is 10.1. The highest BCUT2D eigenvalue weighted by molar-refractivity contribution is 7.12. The minimum Gasteiger partial charge on any atom is -0.475 e. The summed E-state index contributed by atoms with van der Waals surface area (Å²) in [6, 6.07) is 13.2. The Morgan fingerprint density at radius 2 is 2.03 bits per heavy atom. The summed E-state index contributed by atoms with van der Waals surface area (Å²) in [5, 5.41) is 18.2. The number of nitrogens with zero attached hydrogens (tertiary/aromatic N) is 1. The number of benzene rings is 1. The Hall–Kier alpha value is -2.65. The van der Waals surface area contributed by atoms with Crippen LogP contribution in [-0.2, 0) is 17.8 Å². The van der Waals surface area contributed by atoms with Crippen LogP contribution in [0.25, 0.3) is 11.3 Å². The molecular weight excluding hydrogens is 403 g/mol. The quantitative estimate of drug-likeness (QED) is 0.560. The van der Waals surface area contributed by atoms with E-state index in [9.17, 15) is 13.2 Å². The Kier molecular flexibility index (Phi) is 6.39. The van der Waals surface area contributed by atoms with Gasteiger partial charge >= 0.3 is 12.1 Å². The summed E-state index contributed by atoms with van der Waals surface area (Å²) in [6.45, 7) is 3.04. The minimum atomic E-state index is -5.08. The second-order valence-corrected chi connectivity index (χ2v) is 7.99. The number of carbonyl (C=O) groups is 1. The normalized spacial score (nSPS) is 15.5. The third-order valence-electron chi connectivity index (χ3n) is 4.56. The molecule has 0 spiro atoms. The molecule has 29 heavy (non-hydrogen) atoms. The van der Waals surface area contributed by atoms with Gasteiger partial charge in [0.05, 0.1) is 11.9 Å². The van der Waals surface area contributed by atoms with Crippen molar-refractivity contribution in [3.8, 4) is 11.3 Å². The summed E-state index contributed by atoms with van der Waals surface area (Å²) >= 11 is 1.95. The molecule has 3 N–H and O–H groups in total. The molecule has 0 saturated carbocycles. The van der Waals surface area contributed by atoms with Gasteiger partial charge in [-0.2, -0.15) is 18.3 Å². The summed E-state index contributed by atoms with van der Waals surface area (Å²) in [7, 11) is 0. The van der Waals surface area contributed by atoms with Crippen LogP contribution in [0.1, 0.15) is 33.3 Å². The molecule has 1 aliphatic carbocycles. The van der Waals surface area contributed by atoms with Gasteiger partial charge in [-0.3, -0.25) is 5.10 Å².